The summed E-state index contributed by atoms with van der Waals surface area (Å²) in [6.45, 7) is 6.39. The van der Waals surface area contributed by atoms with Crippen molar-refractivity contribution in [3.05, 3.63) is 29.8 Å². The molecule has 1 aromatic carbocycles. The number of rotatable bonds is 9. The maximum atomic E-state index is 11.6. The Morgan fingerprint density at radius 2 is 1.79 bits per heavy atom. The second-order valence-corrected chi connectivity index (χ2v) is 5.57. The molecule has 0 spiro atoms. The monoisotopic (exact) mass is 338 g/mol. The number of esters is 1. The van der Waals surface area contributed by atoms with Crippen LogP contribution in [-0.4, -0.2) is 31.8 Å². The quantitative estimate of drug-likeness (QED) is 0.403. The van der Waals surface area contributed by atoms with Crippen LogP contribution in [0, 0.1) is 5.92 Å². The number of hydrazine groups is 2. The average molecular weight is 338 g/mol. The van der Waals surface area contributed by atoms with Crippen LogP contribution in [-0.2, 0) is 20.9 Å². The van der Waals surface area contributed by atoms with Gasteiger partial charge in [0.25, 0.3) is 0 Å². The van der Waals surface area contributed by atoms with Gasteiger partial charge in [-0.05, 0) is 31.5 Å². The molecule has 0 radical (unpaired) electrons. The van der Waals surface area contributed by atoms with Crippen LogP contribution in [0.1, 0.15) is 26.3 Å². The van der Waals surface area contributed by atoms with Gasteiger partial charge in [0, 0.05) is 6.54 Å². The Hall–Kier alpha value is -2.32. The van der Waals surface area contributed by atoms with E-state index >= 15 is 0 Å². The molecular weight excluding hydrogens is 312 g/mol. The second-order valence-electron chi connectivity index (χ2n) is 5.57. The van der Waals surface area contributed by atoms with Crippen LogP contribution in [0.5, 0.6) is 0 Å². The smallest absolute Gasteiger partial charge is 0.330 e. The van der Waals surface area contributed by atoms with Crippen molar-refractivity contribution in [2.45, 2.75) is 33.5 Å². The standard InChI is InChI=1S/C16H26N4O4/c1-11(2)24-10-13-5-7-14(8-6-13)18-20-19-16(22)17-9-12(3)15(21)23-4/h5-8,11-12,18,20H,9-10H2,1-4H3,(H2,17,19,22)/t12-/m0/s1. The van der Waals surface area contributed by atoms with E-state index in [-0.39, 0.29) is 18.6 Å². The van der Waals surface area contributed by atoms with Gasteiger partial charge >= 0.3 is 12.0 Å². The van der Waals surface area contributed by atoms with Gasteiger partial charge in [0.15, 0.2) is 0 Å². The zero-order valence-electron chi connectivity index (χ0n) is 14.5. The van der Waals surface area contributed by atoms with Crippen molar-refractivity contribution in [3.63, 3.8) is 0 Å². The van der Waals surface area contributed by atoms with Gasteiger partial charge in [-0.25, -0.2) is 4.79 Å². The molecule has 0 aromatic heterocycles. The van der Waals surface area contributed by atoms with Crippen molar-refractivity contribution < 1.29 is 19.1 Å². The first-order chi connectivity index (χ1) is 11.4. The minimum absolute atomic E-state index is 0.185. The maximum Gasteiger partial charge on any atom is 0.330 e. The summed E-state index contributed by atoms with van der Waals surface area (Å²) >= 11 is 0. The average Bonchev–Trinajstić information content (AvgIpc) is 2.58. The van der Waals surface area contributed by atoms with Crippen molar-refractivity contribution in [2.24, 2.45) is 5.92 Å². The number of hydrogen-bond donors (Lipinski definition) is 4. The molecule has 2 amide bonds. The summed E-state index contributed by atoms with van der Waals surface area (Å²) < 4.78 is 10.1. The van der Waals surface area contributed by atoms with E-state index < -0.39 is 11.9 Å². The van der Waals surface area contributed by atoms with Crippen LogP contribution in [0.25, 0.3) is 0 Å². The van der Waals surface area contributed by atoms with E-state index in [1.54, 1.807) is 6.92 Å². The van der Waals surface area contributed by atoms with Crippen LogP contribution in [0.15, 0.2) is 24.3 Å². The Balaban J connectivity index is 2.24. The predicted octanol–water partition coefficient (Wildman–Crippen LogP) is 1.55. The van der Waals surface area contributed by atoms with E-state index in [9.17, 15) is 9.59 Å². The lowest BCUT2D eigenvalue weighted by molar-refractivity contribution is -0.144. The van der Waals surface area contributed by atoms with Gasteiger partial charge in [-0.3, -0.25) is 10.2 Å². The number of carbonyl (C=O) groups is 2. The van der Waals surface area contributed by atoms with Crippen LogP contribution in [0.2, 0.25) is 0 Å². The summed E-state index contributed by atoms with van der Waals surface area (Å²) in [4.78, 5) is 22.8. The Kier molecular flexibility index (Phi) is 8.59. The third-order valence-electron chi connectivity index (χ3n) is 3.09. The molecule has 0 aliphatic carbocycles. The van der Waals surface area contributed by atoms with Gasteiger partial charge in [-0.15, -0.1) is 5.53 Å². The van der Waals surface area contributed by atoms with Gasteiger partial charge < -0.3 is 20.2 Å². The molecule has 1 aromatic rings. The Bertz CT molecular complexity index is 519. The molecule has 0 unspecified atom stereocenters. The molecule has 1 rings (SSSR count). The highest BCUT2D eigenvalue weighted by Crippen LogP contribution is 2.10. The summed E-state index contributed by atoms with van der Waals surface area (Å²) in [5.74, 6) is -0.780. The maximum absolute atomic E-state index is 11.6. The molecule has 0 fully saturated rings. The van der Waals surface area contributed by atoms with Crippen LogP contribution >= 0.6 is 0 Å². The molecule has 0 saturated carbocycles. The minimum Gasteiger partial charge on any atom is -0.469 e. The van der Waals surface area contributed by atoms with Crippen LogP contribution < -0.4 is 21.7 Å². The van der Waals surface area contributed by atoms with Gasteiger partial charge in [0.05, 0.1) is 31.4 Å². The molecule has 24 heavy (non-hydrogen) atoms. The van der Waals surface area contributed by atoms with Crippen molar-refractivity contribution >= 4 is 17.7 Å². The number of hydrogen-bond acceptors (Lipinski definition) is 6. The fourth-order valence-corrected chi connectivity index (χ4v) is 1.68. The molecule has 8 heteroatoms. The van der Waals surface area contributed by atoms with Crippen molar-refractivity contribution in [1.29, 1.82) is 0 Å². The van der Waals surface area contributed by atoms with Crippen LogP contribution in [0.3, 0.4) is 0 Å². The van der Waals surface area contributed by atoms with E-state index in [1.165, 1.54) is 7.11 Å². The molecular formula is C16H26N4O4. The summed E-state index contributed by atoms with van der Waals surface area (Å²) in [6.07, 6.45) is 0.189. The van der Waals surface area contributed by atoms with E-state index in [2.05, 4.69) is 26.4 Å². The number of anilines is 1. The molecule has 0 heterocycles. The Morgan fingerprint density at radius 1 is 1.12 bits per heavy atom. The Morgan fingerprint density at radius 3 is 2.38 bits per heavy atom. The molecule has 0 saturated heterocycles. The fraction of sp³-hybridized carbons (Fsp3) is 0.500. The van der Waals surface area contributed by atoms with Gasteiger partial charge in [-0.2, -0.15) is 0 Å². The zero-order chi connectivity index (χ0) is 17.9. The highest BCUT2D eigenvalue weighted by atomic mass is 16.5. The Labute approximate surface area is 142 Å². The number of ether oxygens (including phenoxy) is 2. The van der Waals surface area contributed by atoms with E-state index in [0.29, 0.717) is 6.61 Å². The molecule has 134 valence electrons. The van der Waals surface area contributed by atoms with Crippen molar-refractivity contribution in [2.75, 3.05) is 19.1 Å². The van der Waals surface area contributed by atoms with E-state index in [4.69, 9.17) is 4.74 Å². The van der Waals surface area contributed by atoms with Crippen LogP contribution in [0.4, 0.5) is 10.5 Å². The molecule has 0 aliphatic heterocycles. The first kappa shape index (κ1) is 19.7. The SMILES string of the molecule is COC(=O)[C@@H](C)CNC(=O)NNNc1ccc(COC(C)C)cc1. The molecule has 8 nitrogen and oxygen atoms in total. The third kappa shape index (κ3) is 7.80. The molecule has 1 atom stereocenters. The summed E-state index contributed by atoms with van der Waals surface area (Å²) in [5.41, 5.74) is 9.67. The first-order valence-electron chi connectivity index (χ1n) is 7.75. The zero-order valence-corrected chi connectivity index (χ0v) is 14.5. The number of nitrogens with one attached hydrogen (secondary N) is 4. The number of carbonyl (C=O) groups excluding carboxylic acids is 2. The largest absolute Gasteiger partial charge is 0.469 e. The first-order valence-corrected chi connectivity index (χ1v) is 7.75. The topological polar surface area (TPSA) is 101 Å². The molecule has 0 aliphatic rings. The summed E-state index contributed by atoms with van der Waals surface area (Å²) in [6, 6.07) is 7.14. The second kappa shape index (κ2) is 10.5. The lowest BCUT2D eigenvalue weighted by Gasteiger charge is -2.13. The highest BCUT2D eigenvalue weighted by Gasteiger charge is 2.13. The van der Waals surface area contributed by atoms with Crippen molar-refractivity contribution in [3.8, 4) is 0 Å². The fourth-order valence-electron chi connectivity index (χ4n) is 1.68. The van der Waals surface area contributed by atoms with Gasteiger partial charge in [0.1, 0.15) is 0 Å². The number of urea groups is 1. The molecule has 4 N–H and O–H groups in total. The summed E-state index contributed by atoms with van der Waals surface area (Å²) in [7, 11) is 1.31. The van der Waals surface area contributed by atoms with Gasteiger partial charge in [-0.1, -0.05) is 19.1 Å². The van der Waals surface area contributed by atoms with E-state index in [1.807, 2.05) is 38.1 Å². The lowest BCUT2D eigenvalue weighted by Crippen LogP contribution is -2.48. The minimum atomic E-state index is -0.458. The van der Waals surface area contributed by atoms with Gasteiger partial charge in [0.2, 0.25) is 0 Å². The van der Waals surface area contributed by atoms with E-state index in [0.717, 1.165) is 11.3 Å². The number of amides is 2. The predicted molar refractivity (Wildman–Crippen MR) is 90.8 cm³/mol. The summed E-state index contributed by atoms with van der Waals surface area (Å²) in [5, 5.41) is 2.55. The third-order valence-corrected chi connectivity index (χ3v) is 3.09. The lowest BCUT2D eigenvalue weighted by atomic mass is 10.2. The normalized spacial score (nSPS) is 11.7. The number of benzene rings is 1. The molecule has 0 bridgehead atoms. The highest BCUT2D eigenvalue weighted by molar-refractivity contribution is 5.76. The van der Waals surface area contributed by atoms with Crippen molar-refractivity contribution in [1.82, 2.24) is 16.3 Å². The number of methoxy groups -OCH3 is 1.